The molecule has 0 aromatic rings. The number of hydrogen-bond donors (Lipinski definition) is 3. The van der Waals surface area contributed by atoms with Crippen LogP contribution in [0.3, 0.4) is 0 Å². The van der Waals surface area contributed by atoms with E-state index in [0.717, 1.165) is 25.8 Å². The molecule has 0 aliphatic rings. The molecule has 0 aromatic carbocycles. The molecule has 0 rings (SSSR count). The quantitative estimate of drug-likeness (QED) is 0.419. The van der Waals surface area contributed by atoms with Crippen molar-refractivity contribution in [3.63, 3.8) is 0 Å². The first-order valence-corrected chi connectivity index (χ1v) is 7.79. The van der Waals surface area contributed by atoms with Gasteiger partial charge in [-0.25, -0.2) is 0 Å². The van der Waals surface area contributed by atoms with Gasteiger partial charge in [0.25, 0.3) is 0 Å². The molecule has 3 N–H and O–H groups in total. The minimum absolute atomic E-state index is 0.215. The summed E-state index contributed by atoms with van der Waals surface area (Å²) in [5.74, 6) is 0.484. The van der Waals surface area contributed by atoms with Gasteiger partial charge in [-0.3, -0.25) is 0 Å². The standard InChI is InChI=1S/C15H33NO4/c1-4-5-14(6-7-17)10-16-11-15(18)12-19-8-9-20-13(2)3/h13-18H,4-12H2,1-3H3. The van der Waals surface area contributed by atoms with Crippen molar-refractivity contribution < 1.29 is 19.7 Å². The molecule has 0 heterocycles. The third-order valence-electron chi connectivity index (χ3n) is 3.04. The van der Waals surface area contributed by atoms with Crippen molar-refractivity contribution in [3.05, 3.63) is 0 Å². The van der Waals surface area contributed by atoms with Gasteiger partial charge in [-0.15, -0.1) is 0 Å². The minimum atomic E-state index is -0.495. The molecule has 0 aliphatic carbocycles. The molecule has 5 heteroatoms. The fourth-order valence-electron chi connectivity index (χ4n) is 2.01. The fourth-order valence-corrected chi connectivity index (χ4v) is 2.01. The van der Waals surface area contributed by atoms with Crippen molar-refractivity contribution in [2.75, 3.05) is 39.5 Å². The van der Waals surface area contributed by atoms with Crippen molar-refractivity contribution in [3.8, 4) is 0 Å². The van der Waals surface area contributed by atoms with E-state index in [9.17, 15) is 5.11 Å². The highest BCUT2D eigenvalue weighted by Gasteiger charge is 2.09. The molecule has 0 radical (unpaired) electrons. The van der Waals surface area contributed by atoms with E-state index < -0.39 is 6.10 Å². The fraction of sp³-hybridized carbons (Fsp3) is 1.00. The van der Waals surface area contributed by atoms with Gasteiger partial charge in [-0.05, 0) is 39.2 Å². The second kappa shape index (κ2) is 13.8. The normalized spacial score (nSPS) is 14.7. The van der Waals surface area contributed by atoms with Gasteiger partial charge in [0.1, 0.15) is 0 Å². The van der Waals surface area contributed by atoms with Crippen LogP contribution in [0, 0.1) is 5.92 Å². The number of hydrogen-bond acceptors (Lipinski definition) is 5. The van der Waals surface area contributed by atoms with Crippen LogP contribution in [0.2, 0.25) is 0 Å². The zero-order valence-electron chi connectivity index (χ0n) is 13.3. The molecule has 0 spiro atoms. The molecule has 0 saturated heterocycles. The van der Waals surface area contributed by atoms with Gasteiger partial charge in [0.15, 0.2) is 0 Å². The van der Waals surface area contributed by atoms with Crippen LogP contribution in [-0.4, -0.2) is 61.9 Å². The largest absolute Gasteiger partial charge is 0.396 e. The van der Waals surface area contributed by atoms with Crippen LogP contribution in [0.1, 0.15) is 40.0 Å². The number of nitrogens with one attached hydrogen (secondary N) is 1. The van der Waals surface area contributed by atoms with Crippen molar-refractivity contribution in [2.24, 2.45) is 5.92 Å². The lowest BCUT2D eigenvalue weighted by Gasteiger charge is -2.18. The first-order valence-electron chi connectivity index (χ1n) is 7.79. The van der Waals surface area contributed by atoms with E-state index in [-0.39, 0.29) is 12.7 Å². The van der Waals surface area contributed by atoms with Crippen LogP contribution in [-0.2, 0) is 9.47 Å². The van der Waals surface area contributed by atoms with Gasteiger partial charge in [0.2, 0.25) is 0 Å². The zero-order chi connectivity index (χ0) is 15.2. The number of aliphatic hydroxyl groups excluding tert-OH is 2. The Bertz CT molecular complexity index is 196. The third kappa shape index (κ3) is 12.8. The van der Waals surface area contributed by atoms with Gasteiger partial charge in [0, 0.05) is 13.2 Å². The van der Waals surface area contributed by atoms with Crippen LogP contribution in [0.25, 0.3) is 0 Å². The summed E-state index contributed by atoms with van der Waals surface area (Å²) in [4.78, 5) is 0. The number of aliphatic hydroxyl groups is 2. The SMILES string of the molecule is CCCC(CCO)CNCC(O)COCCOC(C)C. The van der Waals surface area contributed by atoms with Gasteiger partial charge >= 0.3 is 0 Å². The van der Waals surface area contributed by atoms with Gasteiger partial charge in [-0.2, -0.15) is 0 Å². The summed E-state index contributed by atoms with van der Waals surface area (Å²) >= 11 is 0. The predicted molar refractivity (Wildman–Crippen MR) is 80.9 cm³/mol. The van der Waals surface area contributed by atoms with Crippen molar-refractivity contribution in [1.82, 2.24) is 5.32 Å². The maximum atomic E-state index is 9.75. The Morgan fingerprint density at radius 1 is 1.10 bits per heavy atom. The van der Waals surface area contributed by atoms with Crippen molar-refractivity contribution in [2.45, 2.75) is 52.2 Å². The highest BCUT2D eigenvalue weighted by atomic mass is 16.5. The summed E-state index contributed by atoms with van der Waals surface area (Å²) in [6, 6.07) is 0. The van der Waals surface area contributed by atoms with Crippen LogP contribution in [0.15, 0.2) is 0 Å². The zero-order valence-corrected chi connectivity index (χ0v) is 13.3. The molecule has 5 nitrogen and oxygen atoms in total. The lowest BCUT2D eigenvalue weighted by atomic mass is 10.0. The molecule has 0 bridgehead atoms. The second-order valence-corrected chi connectivity index (χ2v) is 5.47. The van der Waals surface area contributed by atoms with Gasteiger partial charge in [-0.1, -0.05) is 13.3 Å². The molecule has 2 unspecified atom stereocenters. The highest BCUT2D eigenvalue weighted by molar-refractivity contribution is 4.65. The highest BCUT2D eigenvalue weighted by Crippen LogP contribution is 2.09. The Hall–Kier alpha value is -0.200. The van der Waals surface area contributed by atoms with Crippen molar-refractivity contribution >= 4 is 0 Å². The summed E-state index contributed by atoms with van der Waals surface area (Å²) in [6.45, 7) is 9.10. The van der Waals surface area contributed by atoms with E-state index >= 15 is 0 Å². The molecule has 0 amide bonds. The maximum absolute atomic E-state index is 9.75. The molecule has 122 valence electrons. The molecular formula is C15H33NO4. The van der Waals surface area contributed by atoms with E-state index in [0.29, 0.717) is 32.3 Å². The average molecular weight is 291 g/mol. The van der Waals surface area contributed by atoms with E-state index in [1.165, 1.54) is 0 Å². The summed E-state index contributed by atoms with van der Waals surface area (Å²) in [5, 5.41) is 22.0. The Morgan fingerprint density at radius 3 is 2.45 bits per heavy atom. The molecule has 2 atom stereocenters. The van der Waals surface area contributed by atoms with Gasteiger partial charge in [0.05, 0.1) is 32.0 Å². The molecule has 20 heavy (non-hydrogen) atoms. The first kappa shape index (κ1) is 19.8. The average Bonchev–Trinajstić information content (AvgIpc) is 2.38. The lowest BCUT2D eigenvalue weighted by molar-refractivity contribution is -0.0101. The predicted octanol–water partition coefficient (Wildman–Crippen LogP) is 1.18. The monoisotopic (exact) mass is 291 g/mol. The maximum Gasteiger partial charge on any atom is 0.0897 e. The summed E-state index contributed by atoms with van der Waals surface area (Å²) in [5.41, 5.74) is 0. The smallest absolute Gasteiger partial charge is 0.0897 e. The number of rotatable bonds is 14. The second-order valence-electron chi connectivity index (χ2n) is 5.47. The third-order valence-corrected chi connectivity index (χ3v) is 3.04. The minimum Gasteiger partial charge on any atom is -0.396 e. The first-order chi connectivity index (χ1) is 9.60. The van der Waals surface area contributed by atoms with E-state index in [1.54, 1.807) is 0 Å². The van der Waals surface area contributed by atoms with Crippen LogP contribution >= 0.6 is 0 Å². The summed E-state index contributed by atoms with van der Waals surface area (Å²) in [7, 11) is 0. The lowest BCUT2D eigenvalue weighted by Crippen LogP contribution is -2.34. The van der Waals surface area contributed by atoms with Crippen LogP contribution in [0.5, 0.6) is 0 Å². The summed E-state index contributed by atoms with van der Waals surface area (Å²) in [6.07, 6.45) is 2.76. The van der Waals surface area contributed by atoms with E-state index in [2.05, 4.69) is 12.2 Å². The Kier molecular flexibility index (Phi) is 13.6. The molecule has 0 fully saturated rings. The van der Waals surface area contributed by atoms with Crippen molar-refractivity contribution in [1.29, 1.82) is 0 Å². The van der Waals surface area contributed by atoms with Crippen LogP contribution < -0.4 is 5.32 Å². The Morgan fingerprint density at radius 2 is 1.85 bits per heavy atom. The number of ether oxygens (including phenoxy) is 2. The molecule has 0 aromatic heterocycles. The topological polar surface area (TPSA) is 71.0 Å². The van der Waals surface area contributed by atoms with E-state index in [4.69, 9.17) is 14.6 Å². The molecule has 0 aliphatic heterocycles. The van der Waals surface area contributed by atoms with Crippen LogP contribution in [0.4, 0.5) is 0 Å². The van der Waals surface area contributed by atoms with Gasteiger partial charge < -0.3 is 25.0 Å². The molecular weight excluding hydrogens is 258 g/mol. The summed E-state index contributed by atoms with van der Waals surface area (Å²) < 4.78 is 10.7. The Labute approximate surface area is 123 Å². The van der Waals surface area contributed by atoms with E-state index in [1.807, 2.05) is 13.8 Å². The Balaban J connectivity index is 3.49. The molecule has 0 saturated carbocycles.